The fraction of sp³-hybridized carbons (Fsp3) is 0.294. The van der Waals surface area contributed by atoms with Crippen molar-refractivity contribution in [2.75, 3.05) is 0 Å². The molecule has 0 radical (unpaired) electrons. The molecule has 0 aliphatic rings. The van der Waals surface area contributed by atoms with Gasteiger partial charge < -0.3 is 4.74 Å². The molecule has 0 aliphatic heterocycles. The van der Waals surface area contributed by atoms with Crippen molar-refractivity contribution in [1.82, 2.24) is 0 Å². The summed E-state index contributed by atoms with van der Waals surface area (Å²) in [7, 11) is 0. The average molecular weight is 354 g/mol. The van der Waals surface area contributed by atoms with Crippen molar-refractivity contribution in [2.24, 2.45) is 0 Å². The number of aryl methyl sites for hydroxylation is 3. The Labute approximate surface area is 134 Å². The van der Waals surface area contributed by atoms with E-state index in [-0.39, 0.29) is 0 Å². The number of benzene rings is 2. The molecule has 1 nitrogen and oxygen atoms in total. The minimum absolute atomic E-state index is 0.445. The standard InChI is InChI=1S/C17H18BrClO/c1-11-7-12(2)15(13(3)8-11)10-20-17-14(9-19)5-4-6-16(17)18/h4-8H,9-10H2,1-3H3. The van der Waals surface area contributed by atoms with Gasteiger partial charge in [-0.05, 0) is 59.5 Å². The lowest BCUT2D eigenvalue weighted by molar-refractivity contribution is 0.300. The van der Waals surface area contributed by atoms with Gasteiger partial charge in [0.1, 0.15) is 12.4 Å². The van der Waals surface area contributed by atoms with Gasteiger partial charge in [-0.15, -0.1) is 11.6 Å². The van der Waals surface area contributed by atoms with Gasteiger partial charge in [0.2, 0.25) is 0 Å². The highest BCUT2D eigenvalue weighted by Gasteiger charge is 2.10. The molecule has 0 fully saturated rings. The molecule has 106 valence electrons. The van der Waals surface area contributed by atoms with Gasteiger partial charge in [-0.3, -0.25) is 0 Å². The van der Waals surface area contributed by atoms with Crippen LogP contribution in [0.2, 0.25) is 0 Å². The Hall–Kier alpha value is -0.990. The second-order valence-electron chi connectivity index (χ2n) is 5.03. The molecule has 0 saturated carbocycles. The molecule has 2 aromatic rings. The van der Waals surface area contributed by atoms with Gasteiger partial charge in [0.15, 0.2) is 0 Å². The summed E-state index contributed by atoms with van der Waals surface area (Å²) in [5, 5.41) is 0. The van der Waals surface area contributed by atoms with Gasteiger partial charge in [0.05, 0.1) is 10.4 Å². The number of halogens is 2. The summed E-state index contributed by atoms with van der Waals surface area (Å²) in [6.45, 7) is 6.93. The van der Waals surface area contributed by atoms with Crippen molar-refractivity contribution in [2.45, 2.75) is 33.3 Å². The molecule has 3 heteroatoms. The Kier molecular flexibility index (Phi) is 5.11. The van der Waals surface area contributed by atoms with Crippen molar-refractivity contribution < 1.29 is 4.74 Å². The molecule has 0 heterocycles. The largest absolute Gasteiger partial charge is 0.487 e. The van der Waals surface area contributed by atoms with Crippen LogP contribution in [-0.2, 0) is 12.5 Å². The third kappa shape index (κ3) is 3.36. The minimum atomic E-state index is 0.445. The number of hydrogen-bond donors (Lipinski definition) is 0. The van der Waals surface area contributed by atoms with Crippen LogP contribution in [0.1, 0.15) is 27.8 Å². The molecule has 0 aromatic heterocycles. The van der Waals surface area contributed by atoms with Crippen LogP contribution in [0.25, 0.3) is 0 Å². The maximum absolute atomic E-state index is 6.02. The Morgan fingerprint density at radius 3 is 2.35 bits per heavy atom. The Morgan fingerprint density at radius 2 is 1.75 bits per heavy atom. The summed E-state index contributed by atoms with van der Waals surface area (Å²) in [5.41, 5.74) is 6.06. The molecule has 0 saturated heterocycles. The van der Waals surface area contributed by atoms with Gasteiger partial charge in [0.25, 0.3) is 0 Å². The summed E-state index contributed by atoms with van der Waals surface area (Å²) in [4.78, 5) is 0. The van der Waals surface area contributed by atoms with Crippen molar-refractivity contribution in [3.63, 3.8) is 0 Å². The molecule has 0 atom stereocenters. The SMILES string of the molecule is Cc1cc(C)c(COc2c(Br)cccc2CCl)c(C)c1. The zero-order chi connectivity index (χ0) is 14.7. The first-order chi connectivity index (χ1) is 9.52. The van der Waals surface area contributed by atoms with E-state index in [4.69, 9.17) is 16.3 Å². The lowest BCUT2D eigenvalue weighted by atomic mass is 10.0. The predicted octanol–water partition coefficient (Wildman–Crippen LogP) is 5.69. The predicted molar refractivity (Wildman–Crippen MR) is 88.7 cm³/mol. The first-order valence-electron chi connectivity index (χ1n) is 6.55. The topological polar surface area (TPSA) is 9.23 Å². The molecule has 0 bridgehead atoms. The van der Waals surface area contributed by atoms with E-state index in [2.05, 4.69) is 48.8 Å². The smallest absolute Gasteiger partial charge is 0.138 e. The van der Waals surface area contributed by atoms with Crippen LogP contribution in [0.5, 0.6) is 5.75 Å². The molecule has 0 unspecified atom stereocenters. The number of hydrogen-bond acceptors (Lipinski definition) is 1. The summed E-state index contributed by atoms with van der Waals surface area (Å²) in [6, 6.07) is 10.3. The van der Waals surface area contributed by atoms with Gasteiger partial charge in [-0.2, -0.15) is 0 Å². The first-order valence-corrected chi connectivity index (χ1v) is 7.88. The number of ether oxygens (including phenoxy) is 1. The molecular weight excluding hydrogens is 336 g/mol. The minimum Gasteiger partial charge on any atom is -0.487 e. The van der Waals surface area contributed by atoms with Crippen LogP contribution in [0.15, 0.2) is 34.8 Å². The lowest BCUT2D eigenvalue weighted by Crippen LogP contribution is -2.03. The van der Waals surface area contributed by atoms with Crippen molar-refractivity contribution in [3.8, 4) is 5.75 Å². The summed E-state index contributed by atoms with van der Waals surface area (Å²) in [6.07, 6.45) is 0. The second-order valence-corrected chi connectivity index (χ2v) is 6.15. The van der Waals surface area contributed by atoms with Crippen molar-refractivity contribution >= 4 is 27.5 Å². The van der Waals surface area contributed by atoms with E-state index in [0.29, 0.717) is 12.5 Å². The van der Waals surface area contributed by atoms with E-state index < -0.39 is 0 Å². The molecule has 0 spiro atoms. The summed E-state index contributed by atoms with van der Waals surface area (Å²) >= 11 is 9.49. The summed E-state index contributed by atoms with van der Waals surface area (Å²) < 4.78 is 6.96. The van der Waals surface area contributed by atoms with Crippen LogP contribution < -0.4 is 4.74 Å². The number of rotatable bonds is 4. The van der Waals surface area contributed by atoms with Crippen LogP contribution in [0, 0.1) is 20.8 Å². The average Bonchev–Trinajstić information content (AvgIpc) is 2.38. The van der Waals surface area contributed by atoms with Crippen molar-refractivity contribution in [1.29, 1.82) is 0 Å². The lowest BCUT2D eigenvalue weighted by Gasteiger charge is -2.15. The van der Waals surface area contributed by atoms with E-state index in [9.17, 15) is 0 Å². The molecular formula is C17H18BrClO. The molecule has 0 aliphatic carbocycles. The monoisotopic (exact) mass is 352 g/mol. The van der Waals surface area contributed by atoms with Crippen LogP contribution in [-0.4, -0.2) is 0 Å². The first kappa shape index (κ1) is 15.4. The number of para-hydroxylation sites is 1. The normalized spacial score (nSPS) is 10.7. The fourth-order valence-corrected chi connectivity index (χ4v) is 3.13. The van der Waals surface area contributed by atoms with Gasteiger partial charge >= 0.3 is 0 Å². The molecule has 2 rings (SSSR count). The Balaban J connectivity index is 2.26. The zero-order valence-electron chi connectivity index (χ0n) is 12.0. The maximum Gasteiger partial charge on any atom is 0.138 e. The third-order valence-corrected chi connectivity index (χ3v) is 4.31. The molecule has 0 amide bonds. The maximum atomic E-state index is 6.02. The van der Waals surface area contributed by atoms with Crippen LogP contribution in [0.3, 0.4) is 0 Å². The summed E-state index contributed by atoms with van der Waals surface area (Å²) in [5.74, 6) is 1.28. The quantitative estimate of drug-likeness (QED) is 0.641. The number of alkyl halides is 1. The van der Waals surface area contributed by atoms with Gasteiger partial charge in [-0.1, -0.05) is 29.8 Å². The van der Waals surface area contributed by atoms with E-state index in [1.54, 1.807) is 0 Å². The highest BCUT2D eigenvalue weighted by atomic mass is 79.9. The molecule has 2 aromatic carbocycles. The van der Waals surface area contributed by atoms with E-state index in [1.807, 2.05) is 18.2 Å². The molecule has 0 N–H and O–H groups in total. The van der Waals surface area contributed by atoms with Crippen LogP contribution in [0.4, 0.5) is 0 Å². The highest BCUT2D eigenvalue weighted by Crippen LogP contribution is 2.31. The Morgan fingerprint density at radius 1 is 1.10 bits per heavy atom. The second kappa shape index (κ2) is 6.64. The van der Waals surface area contributed by atoms with Crippen molar-refractivity contribution in [3.05, 3.63) is 62.6 Å². The van der Waals surface area contributed by atoms with E-state index in [0.717, 1.165) is 15.8 Å². The van der Waals surface area contributed by atoms with E-state index in [1.165, 1.54) is 22.3 Å². The van der Waals surface area contributed by atoms with Gasteiger partial charge in [-0.25, -0.2) is 0 Å². The third-order valence-electron chi connectivity index (χ3n) is 3.39. The zero-order valence-corrected chi connectivity index (χ0v) is 14.3. The Bertz CT molecular complexity index is 599. The molecule has 20 heavy (non-hydrogen) atoms. The van der Waals surface area contributed by atoms with Crippen LogP contribution >= 0.6 is 27.5 Å². The fourth-order valence-electron chi connectivity index (χ4n) is 2.40. The van der Waals surface area contributed by atoms with Gasteiger partial charge in [0, 0.05) is 5.56 Å². The highest BCUT2D eigenvalue weighted by molar-refractivity contribution is 9.10. The van der Waals surface area contributed by atoms with E-state index >= 15 is 0 Å².